The maximum atomic E-state index is 13.3. The van der Waals surface area contributed by atoms with Gasteiger partial charge in [0.2, 0.25) is 5.91 Å². The van der Waals surface area contributed by atoms with E-state index in [0.717, 1.165) is 67.2 Å². The van der Waals surface area contributed by atoms with Gasteiger partial charge in [0, 0.05) is 67.7 Å². The van der Waals surface area contributed by atoms with Crippen LogP contribution < -0.4 is 10.1 Å². The van der Waals surface area contributed by atoms with Crippen LogP contribution in [0.5, 0.6) is 5.75 Å². The standard InChI is InChI=1S/C31H35N3O3/c1-36-30-14-8-6-12-26(30)27(21-31(35)32-15-16-33-17-19-37-20-18-33)28-23-34(22-24-9-3-2-4-10-24)29-13-7-5-11-25(28)29/h2-14,23,27H,15-22H2,1H3,(H,32,35)/t27-/m0/s1. The Balaban J connectivity index is 1.44. The number of carbonyl (C=O) groups is 1. The van der Waals surface area contributed by atoms with Crippen molar-refractivity contribution in [1.82, 2.24) is 14.8 Å². The Labute approximate surface area is 218 Å². The van der Waals surface area contributed by atoms with Crippen LogP contribution in [0, 0.1) is 0 Å². The monoisotopic (exact) mass is 497 g/mol. The van der Waals surface area contributed by atoms with Crippen LogP contribution in [-0.2, 0) is 16.1 Å². The maximum absolute atomic E-state index is 13.3. The molecule has 4 aromatic rings. The van der Waals surface area contributed by atoms with Gasteiger partial charge in [0.1, 0.15) is 5.75 Å². The Morgan fingerprint density at radius 2 is 1.68 bits per heavy atom. The first-order valence-corrected chi connectivity index (χ1v) is 13.0. The van der Waals surface area contributed by atoms with E-state index >= 15 is 0 Å². The summed E-state index contributed by atoms with van der Waals surface area (Å²) in [7, 11) is 1.69. The van der Waals surface area contributed by atoms with E-state index in [9.17, 15) is 4.79 Å². The van der Waals surface area contributed by atoms with Gasteiger partial charge in [0.25, 0.3) is 0 Å². The first-order valence-electron chi connectivity index (χ1n) is 13.0. The molecule has 1 amide bonds. The van der Waals surface area contributed by atoms with Gasteiger partial charge in [-0.1, -0.05) is 66.7 Å². The van der Waals surface area contributed by atoms with Gasteiger partial charge in [0.05, 0.1) is 20.3 Å². The molecule has 0 saturated carbocycles. The second kappa shape index (κ2) is 12.1. The molecule has 37 heavy (non-hydrogen) atoms. The molecule has 0 spiro atoms. The zero-order valence-electron chi connectivity index (χ0n) is 21.4. The molecule has 1 atom stereocenters. The molecule has 5 rings (SSSR count). The molecule has 2 heterocycles. The molecule has 3 aromatic carbocycles. The molecule has 0 unspecified atom stereocenters. The van der Waals surface area contributed by atoms with Gasteiger partial charge in [-0.05, 0) is 23.3 Å². The Morgan fingerprint density at radius 1 is 0.946 bits per heavy atom. The molecule has 6 nitrogen and oxygen atoms in total. The fourth-order valence-corrected chi connectivity index (χ4v) is 5.24. The second-order valence-electron chi connectivity index (χ2n) is 9.52. The minimum absolute atomic E-state index is 0.0454. The fourth-order valence-electron chi connectivity index (χ4n) is 5.24. The summed E-state index contributed by atoms with van der Waals surface area (Å²) in [5.74, 6) is 0.707. The first-order chi connectivity index (χ1) is 18.2. The van der Waals surface area contributed by atoms with Gasteiger partial charge in [-0.2, -0.15) is 0 Å². The lowest BCUT2D eigenvalue weighted by atomic mass is 9.87. The number of hydrogen-bond donors (Lipinski definition) is 1. The number of nitrogens with one attached hydrogen (secondary N) is 1. The molecule has 1 aliphatic rings. The molecule has 0 radical (unpaired) electrons. The van der Waals surface area contributed by atoms with E-state index < -0.39 is 0 Å². The van der Waals surface area contributed by atoms with Crippen molar-refractivity contribution in [2.24, 2.45) is 0 Å². The van der Waals surface area contributed by atoms with Crippen LogP contribution in [-0.4, -0.2) is 61.9 Å². The summed E-state index contributed by atoms with van der Waals surface area (Å²) < 4.78 is 13.5. The highest BCUT2D eigenvalue weighted by atomic mass is 16.5. The first kappa shape index (κ1) is 25.1. The van der Waals surface area contributed by atoms with Crippen LogP contribution in [0.15, 0.2) is 85.1 Å². The predicted molar refractivity (Wildman–Crippen MR) is 147 cm³/mol. The van der Waals surface area contributed by atoms with Crippen LogP contribution in [0.25, 0.3) is 10.9 Å². The number of fused-ring (bicyclic) bond motifs is 1. The van der Waals surface area contributed by atoms with E-state index in [0.29, 0.717) is 13.0 Å². The van der Waals surface area contributed by atoms with Gasteiger partial charge in [-0.25, -0.2) is 0 Å². The number of morpholine rings is 1. The number of hydrogen-bond acceptors (Lipinski definition) is 4. The van der Waals surface area contributed by atoms with E-state index in [1.165, 1.54) is 5.56 Å². The number of methoxy groups -OCH3 is 1. The number of nitrogens with zero attached hydrogens (tertiary/aromatic N) is 2. The Morgan fingerprint density at radius 3 is 2.49 bits per heavy atom. The lowest BCUT2D eigenvalue weighted by molar-refractivity contribution is -0.121. The summed E-state index contributed by atoms with van der Waals surface area (Å²) in [5, 5.41) is 4.33. The van der Waals surface area contributed by atoms with Crippen molar-refractivity contribution in [2.75, 3.05) is 46.5 Å². The average molecular weight is 498 g/mol. The normalized spacial score (nSPS) is 14.9. The highest BCUT2D eigenvalue weighted by Gasteiger charge is 2.25. The number of rotatable bonds is 10. The summed E-state index contributed by atoms with van der Waals surface area (Å²) >= 11 is 0. The van der Waals surface area contributed by atoms with Crippen molar-refractivity contribution < 1.29 is 14.3 Å². The Kier molecular flexibility index (Phi) is 8.18. The van der Waals surface area contributed by atoms with Gasteiger partial charge >= 0.3 is 0 Å². The zero-order valence-corrected chi connectivity index (χ0v) is 21.4. The van der Waals surface area contributed by atoms with Crippen molar-refractivity contribution in [3.8, 4) is 5.75 Å². The third kappa shape index (κ3) is 6.04. The topological polar surface area (TPSA) is 55.7 Å². The molecule has 0 bridgehead atoms. The van der Waals surface area contributed by atoms with Gasteiger partial charge in [-0.15, -0.1) is 0 Å². The largest absolute Gasteiger partial charge is 0.496 e. The van der Waals surface area contributed by atoms with E-state index in [4.69, 9.17) is 9.47 Å². The lowest BCUT2D eigenvalue weighted by Gasteiger charge is -2.26. The summed E-state index contributed by atoms with van der Waals surface area (Å²) in [6, 6.07) is 27.0. The van der Waals surface area contributed by atoms with Crippen molar-refractivity contribution in [3.05, 3.63) is 102 Å². The number of carbonyl (C=O) groups excluding carboxylic acids is 1. The molecule has 1 N–H and O–H groups in total. The minimum atomic E-state index is -0.138. The van der Waals surface area contributed by atoms with E-state index in [1.54, 1.807) is 7.11 Å². The highest BCUT2D eigenvalue weighted by Crippen LogP contribution is 2.38. The fraction of sp³-hybridized carbons (Fsp3) is 0.323. The molecule has 1 fully saturated rings. The number of para-hydroxylation sites is 2. The molecule has 192 valence electrons. The molecular weight excluding hydrogens is 462 g/mol. The molecule has 1 saturated heterocycles. The maximum Gasteiger partial charge on any atom is 0.220 e. The van der Waals surface area contributed by atoms with Gasteiger partial charge in [0.15, 0.2) is 0 Å². The second-order valence-corrected chi connectivity index (χ2v) is 9.52. The summed E-state index contributed by atoms with van der Waals surface area (Å²) in [5.41, 5.74) is 4.56. The van der Waals surface area contributed by atoms with E-state index in [-0.39, 0.29) is 11.8 Å². The molecule has 6 heteroatoms. The predicted octanol–water partition coefficient (Wildman–Crippen LogP) is 4.67. The number of ether oxygens (including phenoxy) is 2. The zero-order chi connectivity index (χ0) is 25.5. The average Bonchev–Trinajstić information content (AvgIpc) is 3.31. The van der Waals surface area contributed by atoms with Gasteiger partial charge < -0.3 is 19.4 Å². The summed E-state index contributed by atoms with van der Waals surface area (Å²) in [6.07, 6.45) is 2.57. The Bertz CT molecular complexity index is 1310. The SMILES string of the molecule is COc1ccccc1[C@H](CC(=O)NCCN1CCOCC1)c1cn(Cc2ccccc2)c2ccccc12. The summed E-state index contributed by atoms with van der Waals surface area (Å²) in [6.45, 7) is 5.60. The van der Waals surface area contributed by atoms with Crippen molar-refractivity contribution >= 4 is 16.8 Å². The third-order valence-electron chi connectivity index (χ3n) is 7.15. The van der Waals surface area contributed by atoms with Crippen LogP contribution in [0.3, 0.4) is 0 Å². The number of benzene rings is 3. The lowest BCUT2D eigenvalue weighted by Crippen LogP contribution is -2.41. The van der Waals surface area contributed by atoms with E-state index in [2.05, 4.69) is 75.6 Å². The van der Waals surface area contributed by atoms with Crippen molar-refractivity contribution in [3.63, 3.8) is 0 Å². The smallest absolute Gasteiger partial charge is 0.220 e. The van der Waals surface area contributed by atoms with E-state index in [1.807, 2.05) is 24.3 Å². The van der Waals surface area contributed by atoms with Gasteiger partial charge in [-0.3, -0.25) is 9.69 Å². The van der Waals surface area contributed by atoms with Crippen molar-refractivity contribution in [2.45, 2.75) is 18.9 Å². The molecule has 1 aliphatic heterocycles. The highest BCUT2D eigenvalue weighted by molar-refractivity contribution is 5.87. The molecule has 0 aliphatic carbocycles. The van der Waals surface area contributed by atoms with Crippen LogP contribution in [0.4, 0.5) is 0 Å². The van der Waals surface area contributed by atoms with Crippen LogP contribution in [0.2, 0.25) is 0 Å². The van der Waals surface area contributed by atoms with Crippen LogP contribution in [0.1, 0.15) is 29.0 Å². The number of aromatic nitrogens is 1. The van der Waals surface area contributed by atoms with Crippen molar-refractivity contribution in [1.29, 1.82) is 0 Å². The minimum Gasteiger partial charge on any atom is -0.496 e. The molecule has 1 aromatic heterocycles. The van der Waals surface area contributed by atoms with Crippen LogP contribution >= 0.6 is 0 Å². The molecular formula is C31H35N3O3. The quantitative estimate of drug-likeness (QED) is 0.346. The summed E-state index contributed by atoms with van der Waals surface area (Å²) in [4.78, 5) is 15.6. The number of amides is 1. The third-order valence-corrected chi connectivity index (χ3v) is 7.15. The Hall–Kier alpha value is -3.61.